The van der Waals surface area contributed by atoms with E-state index in [9.17, 15) is 18.0 Å². The highest BCUT2D eigenvalue weighted by molar-refractivity contribution is 7.86. The molecule has 3 rings (SSSR count). The van der Waals surface area contributed by atoms with Crippen LogP contribution in [-0.4, -0.2) is 50.1 Å². The van der Waals surface area contributed by atoms with Gasteiger partial charge in [0.1, 0.15) is 6.04 Å². The van der Waals surface area contributed by atoms with E-state index in [1.807, 2.05) is 0 Å². The molecule has 1 aromatic carbocycles. The molecule has 0 bridgehead atoms. The minimum atomic E-state index is -3.66. The normalized spacial score (nSPS) is 24.5. The molecule has 0 radical (unpaired) electrons. The number of benzene rings is 1. The lowest BCUT2D eigenvalue weighted by Crippen LogP contribution is -2.40. The van der Waals surface area contributed by atoms with E-state index >= 15 is 0 Å². The maximum absolute atomic E-state index is 12.6. The molecule has 0 aliphatic carbocycles. The van der Waals surface area contributed by atoms with Crippen LogP contribution in [0.2, 0.25) is 5.02 Å². The second kappa shape index (κ2) is 5.22. The Hall–Kier alpha value is -1.64. The summed E-state index contributed by atoms with van der Waals surface area (Å²) >= 11 is 6.06. The highest BCUT2D eigenvalue weighted by Crippen LogP contribution is 2.33. The zero-order chi connectivity index (χ0) is 16.1. The number of fused-ring (bicyclic) bond motifs is 2. The molecule has 2 aliphatic heterocycles. The van der Waals surface area contributed by atoms with Gasteiger partial charge in [-0.2, -0.15) is 8.42 Å². The highest BCUT2D eigenvalue weighted by Gasteiger charge is 2.44. The van der Waals surface area contributed by atoms with Gasteiger partial charge < -0.3 is 10.2 Å². The predicted octanol–water partition coefficient (Wildman–Crippen LogP) is 0.851. The van der Waals surface area contributed by atoms with Crippen molar-refractivity contribution in [3.63, 3.8) is 0 Å². The minimum absolute atomic E-state index is 0.0225. The Labute approximate surface area is 132 Å². The predicted molar refractivity (Wildman–Crippen MR) is 79.2 cm³/mol. The van der Waals surface area contributed by atoms with E-state index < -0.39 is 28.2 Å². The Bertz CT molecular complexity index is 764. The summed E-state index contributed by atoms with van der Waals surface area (Å²) in [5.74, 6) is -0.794. The fraction of sp³-hybridized carbons (Fsp3) is 0.385. The Balaban J connectivity index is 1.96. The molecule has 2 amide bonds. The number of anilines is 1. The van der Waals surface area contributed by atoms with Crippen molar-refractivity contribution >= 4 is 39.2 Å². The van der Waals surface area contributed by atoms with Crippen molar-refractivity contribution in [3.8, 4) is 0 Å². The summed E-state index contributed by atoms with van der Waals surface area (Å²) < 4.78 is 27.4. The Morgan fingerprint density at radius 2 is 2.09 bits per heavy atom. The molecule has 1 fully saturated rings. The number of halogens is 1. The van der Waals surface area contributed by atoms with Crippen molar-refractivity contribution in [2.24, 2.45) is 0 Å². The van der Waals surface area contributed by atoms with E-state index in [0.29, 0.717) is 5.69 Å². The number of amides is 2. The lowest BCUT2D eigenvalue weighted by atomic mass is 10.1. The zero-order valence-electron chi connectivity index (χ0n) is 11.6. The molecule has 0 aromatic heterocycles. The fourth-order valence-corrected chi connectivity index (χ4v) is 3.68. The maximum Gasteiger partial charge on any atom is 0.264 e. The van der Waals surface area contributed by atoms with E-state index in [4.69, 9.17) is 15.8 Å². The summed E-state index contributed by atoms with van der Waals surface area (Å²) in [4.78, 5) is 26.2. The highest BCUT2D eigenvalue weighted by atomic mass is 35.5. The first-order chi connectivity index (χ1) is 10.3. The van der Waals surface area contributed by atoms with E-state index in [1.165, 1.54) is 4.90 Å². The average Bonchev–Trinajstić information content (AvgIpc) is 2.76. The molecular weight excluding hydrogens is 332 g/mol. The molecule has 2 heterocycles. The summed E-state index contributed by atoms with van der Waals surface area (Å²) in [5, 5.41) is 2.89. The van der Waals surface area contributed by atoms with Gasteiger partial charge in [0.25, 0.3) is 16.0 Å². The van der Waals surface area contributed by atoms with Gasteiger partial charge in [0, 0.05) is 13.0 Å². The minimum Gasteiger partial charge on any atom is -0.324 e. The van der Waals surface area contributed by atoms with E-state index in [-0.39, 0.29) is 29.5 Å². The molecule has 0 saturated carbocycles. The average molecular weight is 345 g/mol. The molecule has 2 aliphatic rings. The first-order valence-electron chi connectivity index (χ1n) is 6.55. The van der Waals surface area contributed by atoms with Crippen molar-refractivity contribution in [1.29, 1.82) is 0 Å². The summed E-state index contributed by atoms with van der Waals surface area (Å²) in [6.07, 6.45) is 0.319. The molecule has 7 nitrogen and oxygen atoms in total. The number of rotatable bonds is 2. The van der Waals surface area contributed by atoms with Crippen molar-refractivity contribution in [2.45, 2.75) is 18.6 Å². The maximum atomic E-state index is 12.6. The van der Waals surface area contributed by atoms with E-state index in [0.717, 1.165) is 6.26 Å². The first kappa shape index (κ1) is 15.3. The smallest absolute Gasteiger partial charge is 0.264 e. The first-order valence-corrected chi connectivity index (χ1v) is 8.74. The van der Waals surface area contributed by atoms with Crippen LogP contribution in [0.4, 0.5) is 5.69 Å². The molecule has 1 saturated heterocycles. The number of hydrogen-bond acceptors (Lipinski definition) is 5. The standard InChI is InChI=1S/C13H13ClN2O5S/c1-22(19,20)21-7-5-10-12(17)15-9-4-2-3-8(14)11(9)13(18)16(10)6-7/h2-4,7,10H,5-6H2,1H3,(H,15,17)/t7-,10+/m1/s1. The Morgan fingerprint density at radius 3 is 2.77 bits per heavy atom. The van der Waals surface area contributed by atoms with Gasteiger partial charge >= 0.3 is 0 Å². The fourth-order valence-electron chi connectivity index (χ4n) is 2.79. The van der Waals surface area contributed by atoms with Gasteiger partial charge in [0.2, 0.25) is 5.91 Å². The van der Waals surface area contributed by atoms with Crippen LogP contribution in [0, 0.1) is 0 Å². The molecule has 2 atom stereocenters. The summed E-state index contributed by atoms with van der Waals surface area (Å²) in [7, 11) is -3.66. The number of carbonyl (C=O) groups excluding carboxylic acids is 2. The monoisotopic (exact) mass is 344 g/mol. The topological polar surface area (TPSA) is 92.8 Å². The molecule has 0 spiro atoms. The molecule has 22 heavy (non-hydrogen) atoms. The van der Waals surface area contributed by atoms with Crippen LogP contribution in [0.3, 0.4) is 0 Å². The van der Waals surface area contributed by atoms with E-state index in [1.54, 1.807) is 18.2 Å². The van der Waals surface area contributed by atoms with Crippen molar-refractivity contribution in [2.75, 3.05) is 18.1 Å². The van der Waals surface area contributed by atoms with Gasteiger partial charge in [-0.3, -0.25) is 13.8 Å². The SMILES string of the molecule is CS(=O)(=O)O[C@@H]1C[C@H]2C(=O)Nc3cccc(Cl)c3C(=O)N2C1. The third kappa shape index (κ3) is 2.69. The van der Waals surface area contributed by atoms with Crippen LogP contribution in [0.15, 0.2) is 18.2 Å². The van der Waals surface area contributed by atoms with Crippen molar-refractivity contribution in [1.82, 2.24) is 4.90 Å². The molecule has 1 aromatic rings. The largest absolute Gasteiger partial charge is 0.324 e. The number of nitrogens with one attached hydrogen (secondary N) is 1. The Kier molecular flexibility index (Phi) is 3.62. The molecule has 0 unspecified atom stereocenters. The second-order valence-electron chi connectivity index (χ2n) is 5.28. The number of nitrogens with zero attached hydrogens (tertiary/aromatic N) is 1. The van der Waals surface area contributed by atoms with Crippen LogP contribution in [-0.2, 0) is 19.1 Å². The lowest BCUT2D eigenvalue weighted by Gasteiger charge is -2.20. The summed E-state index contributed by atoms with van der Waals surface area (Å²) in [6, 6.07) is 4.03. The number of hydrogen-bond donors (Lipinski definition) is 1. The van der Waals surface area contributed by atoms with Gasteiger partial charge in [0.05, 0.1) is 28.6 Å². The van der Waals surface area contributed by atoms with Gasteiger partial charge in [-0.25, -0.2) is 0 Å². The van der Waals surface area contributed by atoms with Crippen LogP contribution in [0.1, 0.15) is 16.8 Å². The molecule has 9 heteroatoms. The van der Waals surface area contributed by atoms with Crippen molar-refractivity contribution in [3.05, 3.63) is 28.8 Å². The Morgan fingerprint density at radius 1 is 1.36 bits per heavy atom. The van der Waals surface area contributed by atoms with Gasteiger partial charge in [-0.05, 0) is 12.1 Å². The molecule has 118 valence electrons. The third-order valence-corrected chi connectivity index (χ3v) is 4.56. The lowest BCUT2D eigenvalue weighted by molar-refractivity contribution is -0.119. The van der Waals surface area contributed by atoms with Gasteiger partial charge in [-0.1, -0.05) is 17.7 Å². The second-order valence-corrected chi connectivity index (χ2v) is 7.29. The summed E-state index contributed by atoms with van der Waals surface area (Å²) in [5.41, 5.74) is 0.567. The summed E-state index contributed by atoms with van der Waals surface area (Å²) in [6.45, 7) is 0.0225. The van der Waals surface area contributed by atoms with Crippen LogP contribution in [0.5, 0.6) is 0 Å². The zero-order valence-corrected chi connectivity index (χ0v) is 13.1. The molecule has 1 N–H and O–H groups in total. The van der Waals surface area contributed by atoms with Crippen molar-refractivity contribution < 1.29 is 22.2 Å². The quantitative estimate of drug-likeness (QED) is 0.803. The number of carbonyl (C=O) groups is 2. The van der Waals surface area contributed by atoms with E-state index in [2.05, 4.69) is 5.32 Å². The third-order valence-electron chi connectivity index (χ3n) is 3.62. The molecular formula is C13H13ClN2O5S. The van der Waals surface area contributed by atoms with Crippen LogP contribution < -0.4 is 5.32 Å². The van der Waals surface area contributed by atoms with Gasteiger partial charge in [0.15, 0.2) is 0 Å². The van der Waals surface area contributed by atoms with Crippen LogP contribution >= 0.6 is 11.6 Å². The van der Waals surface area contributed by atoms with Crippen LogP contribution in [0.25, 0.3) is 0 Å². The van der Waals surface area contributed by atoms with Gasteiger partial charge in [-0.15, -0.1) is 0 Å².